The van der Waals surface area contributed by atoms with Gasteiger partial charge in [-0.15, -0.1) is 0 Å². The number of aliphatic imine (C=N–C) groups is 1. The number of anilines is 1. The van der Waals surface area contributed by atoms with Crippen molar-refractivity contribution in [1.29, 1.82) is 0 Å². The molecule has 2 heterocycles. The third kappa shape index (κ3) is 4.07. The molecule has 154 valence electrons. The summed E-state index contributed by atoms with van der Waals surface area (Å²) < 4.78 is 11.3. The van der Waals surface area contributed by atoms with E-state index in [1.165, 1.54) is 17.3 Å². The van der Waals surface area contributed by atoms with Crippen molar-refractivity contribution in [2.75, 3.05) is 18.1 Å². The molecular formula is C25H20N2O3S. The van der Waals surface area contributed by atoms with Gasteiger partial charge in [-0.2, -0.15) is 0 Å². The largest absolute Gasteiger partial charge is 0.486 e. The minimum absolute atomic E-state index is 0.100. The first kappa shape index (κ1) is 19.5. The number of carbonyl (C=O) groups is 1. The van der Waals surface area contributed by atoms with Crippen LogP contribution in [0.25, 0.3) is 6.08 Å². The van der Waals surface area contributed by atoms with Gasteiger partial charge >= 0.3 is 0 Å². The normalized spacial score (nSPS) is 18.1. The Labute approximate surface area is 185 Å². The molecule has 2 aliphatic rings. The highest BCUT2D eigenvalue weighted by atomic mass is 32.2. The number of hydrogen-bond acceptors (Lipinski definition) is 5. The zero-order chi connectivity index (χ0) is 21.2. The molecule has 6 heteroatoms. The van der Waals surface area contributed by atoms with Crippen LogP contribution in [0.1, 0.15) is 11.1 Å². The van der Waals surface area contributed by atoms with Gasteiger partial charge in [0.15, 0.2) is 16.7 Å². The summed E-state index contributed by atoms with van der Waals surface area (Å²) in [7, 11) is 0. The lowest BCUT2D eigenvalue weighted by atomic mass is 10.1. The highest BCUT2D eigenvalue weighted by Gasteiger charge is 2.34. The fourth-order valence-corrected chi connectivity index (χ4v) is 4.39. The number of fused-ring (bicyclic) bond motifs is 1. The van der Waals surface area contributed by atoms with Crippen molar-refractivity contribution >= 4 is 40.3 Å². The SMILES string of the molecule is Cc1ccc(N=C2SC(=Cc3ccc4c(c3)OCCO4)C(=O)N2c2ccccc2)cc1. The zero-order valence-electron chi connectivity index (χ0n) is 16.9. The quantitative estimate of drug-likeness (QED) is 0.512. The number of benzene rings is 3. The number of amidine groups is 1. The summed E-state index contributed by atoms with van der Waals surface area (Å²) in [4.78, 5) is 20.4. The van der Waals surface area contributed by atoms with Crippen molar-refractivity contribution in [2.24, 2.45) is 4.99 Å². The first-order valence-corrected chi connectivity index (χ1v) is 10.8. The van der Waals surface area contributed by atoms with Crippen molar-refractivity contribution < 1.29 is 14.3 Å². The highest BCUT2D eigenvalue weighted by Crippen LogP contribution is 2.38. The lowest BCUT2D eigenvalue weighted by molar-refractivity contribution is -0.113. The number of aryl methyl sites for hydroxylation is 1. The number of ether oxygens (including phenoxy) is 2. The van der Waals surface area contributed by atoms with Gasteiger partial charge in [0.1, 0.15) is 13.2 Å². The molecule has 1 saturated heterocycles. The third-order valence-corrected chi connectivity index (χ3v) is 5.91. The molecule has 5 nitrogen and oxygen atoms in total. The maximum absolute atomic E-state index is 13.4. The topological polar surface area (TPSA) is 51.1 Å². The molecule has 3 aromatic carbocycles. The number of para-hydroxylation sites is 1. The maximum Gasteiger partial charge on any atom is 0.271 e. The second-order valence-corrected chi connectivity index (χ2v) is 8.23. The van der Waals surface area contributed by atoms with E-state index in [9.17, 15) is 4.79 Å². The fourth-order valence-electron chi connectivity index (χ4n) is 3.38. The lowest BCUT2D eigenvalue weighted by Crippen LogP contribution is -2.28. The van der Waals surface area contributed by atoms with Gasteiger partial charge < -0.3 is 9.47 Å². The van der Waals surface area contributed by atoms with Crippen LogP contribution in [0.5, 0.6) is 11.5 Å². The molecule has 0 unspecified atom stereocenters. The van der Waals surface area contributed by atoms with Crippen LogP contribution in [-0.2, 0) is 4.79 Å². The minimum Gasteiger partial charge on any atom is -0.486 e. The molecule has 0 saturated carbocycles. The van der Waals surface area contributed by atoms with Crippen molar-refractivity contribution in [3.05, 3.63) is 88.8 Å². The summed E-state index contributed by atoms with van der Waals surface area (Å²) in [5.74, 6) is 1.33. The van der Waals surface area contributed by atoms with Gasteiger partial charge in [0.2, 0.25) is 0 Å². The van der Waals surface area contributed by atoms with Gasteiger partial charge in [0, 0.05) is 0 Å². The molecule has 1 amide bonds. The van der Waals surface area contributed by atoms with Crippen LogP contribution in [0.4, 0.5) is 11.4 Å². The Hall–Kier alpha value is -3.51. The Kier molecular flexibility index (Phi) is 5.22. The number of rotatable bonds is 3. The van der Waals surface area contributed by atoms with E-state index in [1.807, 2.05) is 85.8 Å². The molecule has 0 atom stereocenters. The number of thioether (sulfide) groups is 1. The molecule has 2 aliphatic heterocycles. The summed E-state index contributed by atoms with van der Waals surface area (Å²) in [6, 6.07) is 23.2. The number of nitrogens with zero attached hydrogens (tertiary/aromatic N) is 2. The van der Waals surface area contributed by atoms with Crippen LogP contribution >= 0.6 is 11.8 Å². The minimum atomic E-state index is -0.100. The predicted octanol–water partition coefficient (Wildman–Crippen LogP) is 5.57. The predicted molar refractivity (Wildman–Crippen MR) is 125 cm³/mol. The number of hydrogen-bond donors (Lipinski definition) is 0. The first-order chi connectivity index (χ1) is 15.2. The van der Waals surface area contributed by atoms with E-state index in [2.05, 4.69) is 0 Å². The van der Waals surface area contributed by atoms with Crippen molar-refractivity contribution in [3.63, 3.8) is 0 Å². The monoisotopic (exact) mass is 428 g/mol. The summed E-state index contributed by atoms with van der Waals surface area (Å²) >= 11 is 1.37. The molecule has 0 radical (unpaired) electrons. The van der Waals surface area contributed by atoms with E-state index < -0.39 is 0 Å². The van der Waals surface area contributed by atoms with Crippen LogP contribution in [0.3, 0.4) is 0 Å². The van der Waals surface area contributed by atoms with E-state index in [0.29, 0.717) is 29.0 Å². The highest BCUT2D eigenvalue weighted by molar-refractivity contribution is 8.19. The smallest absolute Gasteiger partial charge is 0.271 e. The van der Waals surface area contributed by atoms with Crippen LogP contribution in [0.2, 0.25) is 0 Å². The maximum atomic E-state index is 13.4. The van der Waals surface area contributed by atoms with Crippen LogP contribution < -0.4 is 14.4 Å². The standard InChI is InChI=1S/C25H20N2O3S/c1-17-7-10-19(11-8-17)26-25-27(20-5-3-2-4-6-20)24(28)23(31-25)16-18-9-12-21-22(15-18)30-14-13-29-21/h2-12,15-16H,13-14H2,1H3. The molecule has 1 fully saturated rings. The Morgan fingerprint density at radius 1 is 0.935 bits per heavy atom. The van der Waals surface area contributed by atoms with E-state index >= 15 is 0 Å². The molecule has 0 N–H and O–H groups in total. The van der Waals surface area contributed by atoms with Crippen LogP contribution in [0, 0.1) is 6.92 Å². The fraction of sp³-hybridized carbons (Fsp3) is 0.120. The molecule has 0 bridgehead atoms. The van der Waals surface area contributed by atoms with Crippen LogP contribution in [-0.4, -0.2) is 24.3 Å². The zero-order valence-corrected chi connectivity index (χ0v) is 17.8. The average molecular weight is 429 g/mol. The summed E-state index contributed by atoms with van der Waals surface area (Å²) in [5.41, 5.74) is 3.64. The molecular weight excluding hydrogens is 408 g/mol. The van der Waals surface area contributed by atoms with Crippen LogP contribution in [0.15, 0.2) is 82.7 Å². The Morgan fingerprint density at radius 3 is 2.45 bits per heavy atom. The Morgan fingerprint density at radius 2 is 1.68 bits per heavy atom. The molecule has 0 spiro atoms. The van der Waals surface area contributed by atoms with Crippen molar-refractivity contribution in [3.8, 4) is 11.5 Å². The van der Waals surface area contributed by atoms with E-state index in [4.69, 9.17) is 14.5 Å². The van der Waals surface area contributed by atoms with E-state index in [1.54, 1.807) is 4.90 Å². The van der Waals surface area contributed by atoms with E-state index in [-0.39, 0.29) is 5.91 Å². The number of carbonyl (C=O) groups excluding carboxylic acids is 1. The Balaban J connectivity index is 1.53. The second-order valence-electron chi connectivity index (χ2n) is 7.22. The van der Waals surface area contributed by atoms with Crippen molar-refractivity contribution in [1.82, 2.24) is 0 Å². The molecule has 5 rings (SSSR count). The van der Waals surface area contributed by atoms with Gasteiger partial charge in [-0.3, -0.25) is 9.69 Å². The summed E-state index contributed by atoms with van der Waals surface area (Å²) in [6.07, 6.45) is 1.87. The average Bonchev–Trinajstić information content (AvgIpc) is 3.10. The first-order valence-electron chi connectivity index (χ1n) is 10.0. The van der Waals surface area contributed by atoms with E-state index in [0.717, 1.165) is 22.7 Å². The van der Waals surface area contributed by atoms with Gasteiger partial charge in [-0.05, 0) is 66.7 Å². The Bertz CT molecular complexity index is 1190. The van der Waals surface area contributed by atoms with Gasteiger partial charge in [-0.1, -0.05) is 42.0 Å². The van der Waals surface area contributed by atoms with Crippen molar-refractivity contribution in [2.45, 2.75) is 6.92 Å². The molecule has 3 aromatic rings. The summed E-state index contributed by atoms with van der Waals surface area (Å²) in [6.45, 7) is 3.11. The molecule has 0 aromatic heterocycles. The third-order valence-electron chi connectivity index (χ3n) is 4.94. The molecule has 31 heavy (non-hydrogen) atoms. The second kappa shape index (κ2) is 8.32. The molecule has 0 aliphatic carbocycles. The number of amides is 1. The van der Waals surface area contributed by atoms with Gasteiger partial charge in [-0.25, -0.2) is 4.99 Å². The van der Waals surface area contributed by atoms with Gasteiger partial charge in [0.25, 0.3) is 5.91 Å². The summed E-state index contributed by atoms with van der Waals surface area (Å²) in [5, 5.41) is 0.629. The lowest BCUT2D eigenvalue weighted by Gasteiger charge is -2.18. The van der Waals surface area contributed by atoms with Gasteiger partial charge in [0.05, 0.1) is 16.3 Å².